The molecule has 1 saturated heterocycles. The molecule has 1 amide bonds. The smallest absolute Gasteiger partial charge is 0.251 e. The normalized spacial score (nSPS) is 15.0. The Morgan fingerprint density at radius 1 is 1.25 bits per heavy atom. The van der Waals surface area contributed by atoms with Crippen molar-refractivity contribution in [1.82, 2.24) is 10.3 Å². The molecule has 1 fully saturated rings. The third-order valence-corrected chi connectivity index (χ3v) is 4.07. The molecule has 1 N–H and O–H groups in total. The van der Waals surface area contributed by atoms with Crippen LogP contribution in [0.5, 0.6) is 5.88 Å². The first-order chi connectivity index (χ1) is 11.7. The number of carbonyl (C=O) groups excluding carboxylic acids is 1. The van der Waals surface area contributed by atoms with Gasteiger partial charge in [-0.15, -0.1) is 0 Å². The number of pyridine rings is 1. The van der Waals surface area contributed by atoms with Gasteiger partial charge in [0.2, 0.25) is 5.88 Å². The zero-order valence-electron chi connectivity index (χ0n) is 13.2. The zero-order valence-corrected chi connectivity index (χ0v) is 14.0. The number of nitrogens with one attached hydrogen (secondary N) is 1. The van der Waals surface area contributed by atoms with E-state index in [-0.39, 0.29) is 12.0 Å². The van der Waals surface area contributed by atoms with Gasteiger partial charge in [0, 0.05) is 42.2 Å². The van der Waals surface area contributed by atoms with E-state index in [1.165, 1.54) is 0 Å². The number of benzene rings is 1. The number of nitrogens with zero attached hydrogens (tertiary/aromatic N) is 1. The number of ether oxygens (including phenoxy) is 2. The quantitative estimate of drug-likeness (QED) is 0.903. The third kappa shape index (κ3) is 4.69. The van der Waals surface area contributed by atoms with Crippen LogP contribution in [-0.4, -0.2) is 30.2 Å². The second kappa shape index (κ2) is 8.13. The molecule has 0 atom stereocenters. The number of hydrogen-bond donors (Lipinski definition) is 1. The fourth-order valence-corrected chi connectivity index (χ4v) is 2.59. The van der Waals surface area contributed by atoms with E-state index in [9.17, 15) is 4.79 Å². The van der Waals surface area contributed by atoms with Gasteiger partial charge in [0.05, 0.1) is 13.2 Å². The van der Waals surface area contributed by atoms with Gasteiger partial charge >= 0.3 is 0 Å². The molecule has 1 aromatic heterocycles. The maximum absolute atomic E-state index is 12.3. The van der Waals surface area contributed by atoms with Gasteiger partial charge in [-0.3, -0.25) is 4.79 Å². The molecule has 0 aliphatic carbocycles. The number of carbonyl (C=O) groups is 1. The summed E-state index contributed by atoms with van der Waals surface area (Å²) in [7, 11) is 0. The fourth-order valence-electron chi connectivity index (χ4n) is 2.47. The highest BCUT2D eigenvalue weighted by Crippen LogP contribution is 2.17. The summed E-state index contributed by atoms with van der Waals surface area (Å²) < 4.78 is 11.1. The predicted molar refractivity (Wildman–Crippen MR) is 91.3 cm³/mol. The van der Waals surface area contributed by atoms with Crippen molar-refractivity contribution in [3.63, 3.8) is 0 Å². The number of aromatic nitrogens is 1. The minimum Gasteiger partial charge on any atom is -0.474 e. The van der Waals surface area contributed by atoms with Crippen LogP contribution in [0, 0.1) is 0 Å². The molecule has 6 heteroatoms. The van der Waals surface area contributed by atoms with Crippen LogP contribution < -0.4 is 10.1 Å². The zero-order chi connectivity index (χ0) is 16.8. The van der Waals surface area contributed by atoms with Crippen LogP contribution in [0.3, 0.4) is 0 Å². The largest absolute Gasteiger partial charge is 0.474 e. The van der Waals surface area contributed by atoms with E-state index >= 15 is 0 Å². The molecule has 0 spiro atoms. The van der Waals surface area contributed by atoms with Gasteiger partial charge in [-0.05, 0) is 23.8 Å². The summed E-state index contributed by atoms with van der Waals surface area (Å²) in [6.45, 7) is 1.84. The van der Waals surface area contributed by atoms with E-state index in [1.54, 1.807) is 30.5 Å². The molecular formula is C18H19ClN2O3. The molecule has 2 aromatic rings. The number of hydrogen-bond acceptors (Lipinski definition) is 4. The van der Waals surface area contributed by atoms with Crippen molar-refractivity contribution in [2.45, 2.75) is 25.5 Å². The van der Waals surface area contributed by atoms with Gasteiger partial charge in [0.25, 0.3) is 5.91 Å². The lowest BCUT2D eigenvalue weighted by Crippen LogP contribution is -2.26. The van der Waals surface area contributed by atoms with Crippen LogP contribution in [-0.2, 0) is 11.3 Å². The molecule has 1 aromatic carbocycles. The first-order valence-electron chi connectivity index (χ1n) is 7.94. The van der Waals surface area contributed by atoms with Crippen molar-refractivity contribution in [2.75, 3.05) is 13.2 Å². The molecule has 0 bridgehead atoms. The van der Waals surface area contributed by atoms with Crippen molar-refractivity contribution < 1.29 is 14.3 Å². The average Bonchev–Trinajstić information content (AvgIpc) is 2.62. The maximum Gasteiger partial charge on any atom is 0.251 e. The van der Waals surface area contributed by atoms with Crippen molar-refractivity contribution in [3.8, 4) is 5.88 Å². The van der Waals surface area contributed by atoms with Crippen LogP contribution in [0.4, 0.5) is 0 Å². The Labute approximate surface area is 145 Å². The van der Waals surface area contributed by atoms with Crippen LogP contribution in [0.25, 0.3) is 0 Å². The van der Waals surface area contributed by atoms with Gasteiger partial charge in [-0.25, -0.2) is 4.98 Å². The molecule has 126 valence electrons. The summed E-state index contributed by atoms with van der Waals surface area (Å²) in [5.74, 6) is 0.310. The summed E-state index contributed by atoms with van der Waals surface area (Å²) in [6.07, 6.45) is 3.37. The van der Waals surface area contributed by atoms with E-state index < -0.39 is 0 Å². The van der Waals surface area contributed by atoms with Crippen molar-refractivity contribution in [2.24, 2.45) is 0 Å². The summed E-state index contributed by atoms with van der Waals surface area (Å²) in [5, 5.41) is 3.56. The average molecular weight is 347 g/mol. The van der Waals surface area contributed by atoms with Crippen molar-refractivity contribution in [1.29, 1.82) is 0 Å². The fraction of sp³-hybridized carbons (Fsp3) is 0.333. The first kappa shape index (κ1) is 16.7. The predicted octanol–water partition coefficient (Wildman–Crippen LogP) is 3.22. The Morgan fingerprint density at radius 2 is 2.00 bits per heavy atom. The van der Waals surface area contributed by atoms with E-state index in [2.05, 4.69) is 10.3 Å². The highest BCUT2D eigenvalue weighted by Gasteiger charge is 2.16. The van der Waals surface area contributed by atoms with E-state index in [1.807, 2.05) is 12.1 Å². The highest BCUT2D eigenvalue weighted by atomic mass is 35.5. The molecule has 0 saturated carbocycles. The molecule has 5 nitrogen and oxygen atoms in total. The van der Waals surface area contributed by atoms with Gasteiger partial charge in [0.15, 0.2) is 0 Å². The molecule has 1 aliphatic rings. The molecule has 0 radical (unpaired) electrons. The van der Waals surface area contributed by atoms with E-state index in [0.717, 1.165) is 18.4 Å². The Balaban J connectivity index is 1.58. The molecule has 0 unspecified atom stereocenters. The van der Waals surface area contributed by atoms with Gasteiger partial charge in [0.1, 0.15) is 6.10 Å². The van der Waals surface area contributed by atoms with Crippen molar-refractivity contribution >= 4 is 17.5 Å². The molecule has 1 aliphatic heterocycles. The minimum absolute atomic E-state index is 0.0960. The number of halogens is 1. The minimum atomic E-state index is -0.163. The summed E-state index contributed by atoms with van der Waals surface area (Å²) in [4.78, 5) is 16.5. The van der Waals surface area contributed by atoms with Gasteiger partial charge in [-0.2, -0.15) is 0 Å². The maximum atomic E-state index is 12.3. The lowest BCUT2D eigenvalue weighted by molar-refractivity contribution is 0.0237. The Kier molecular flexibility index (Phi) is 5.67. The van der Waals surface area contributed by atoms with Crippen molar-refractivity contribution in [3.05, 3.63) is 58.7 Å². The summed E-state index contributed by atoms with van der Waals surface area (Å²) in [6, 6.07) is 10.7. The Bertz CT molecular complexity index is 685. The summed E-state index contributed by atoms with van der Waals surface area (Å²) in [5.41, 5.74) is 1.52. The molecule has 3 rings (SSSR count). The van der Waals surface area contributed by atoms with Crippen LogP contribution in [0.15, 0.2) is 42.6 Å². The topological polar surface area (TPSA) is 60.5 Å². The van der Waals surface area contributed by atoms with E-state index in [4.69, 9.17) is 21.1 Å². The lowest BCUT2D eigenvalue weighted by atomic mass is 10.1. The van der Waals surface area contributed by atoms with Gasteiger partial charge in [-0.1, -0.05) is 23.7 Å². The Hall–Kier alpha value is -2.11. The van der Waals surface area contributed by atoms with Gasteiger partial charge < -0.3 is 14.8 Å². The summed E-state index contributed by atoms with van der Waals surface area (Å²) >= 11 is 5.85. The second-order valence-electron chi connectivity index (χ2n) is 5.62. The molecular weight excluding hydrogens is 328 g/mol. The van der Waals surface area contributed by atoms with Crippen LogP contribution in [0.2, 0.25) is 5.02 Å². The number of amides is 1. The third-order valence-electron chi connectivity index (χ3n) is 3.82. The highest BCUT2D eigenvalue weighted by molar-refractivity contribution is 6.30. The van der Waals surface area contributed by atoms with Crippen LogP contribution >= 0.6 is 11.6 Å². The number of rotatable bonds is 5. The SMILES string of the molecule is O=C(NCc1ccc(Cl)cc1)c1ccnc(OC2CCOCC2)c1. The lowest BCUT2D eigenvalue weighted by Gasteiger charge is -2.22. The van der Waals surface area contributed by atoms with Crippen LogP contribution in [0.1, 0.15) is 28.8 Å². The van der Waals surface area contributed by atoms with E-state index in [0.29, 0.717) is 36.2 Å². The standard InChI is InChI=1S/C18H19ClN2O3/c19-15-3-1-13(2-4-15)12-21-18(22)14-5-8-20-17(11-14)24-16-6-9-23-10-7-16/h1-5,8,11,16H,6-7,9-10,12H2,(H,21,22). The molecule has 2 heterocycles. The Morgan fingerprint density at radius 3 is 2.75 bits per heavy atom. The monoisotopic (exact) mass is 346 g/mol. The molecule has 24 heavy (non-hydrogen) atoms. The second-order valence-corrected chi connectivity index (χ2v) is 6.06. The first-order valence-corrected chi connectivity index (χ1v) is 8.31.